The molecule has 0 atom stereocenters. The van der Waals surface area contributed by atoms with Gasteiger partial charge in [0.2, 0.25) is 0 Å². The molecule has 0 spiro atoms. The fourth-order valence-electron chi connectivity index (χ4n) is 4.31. The Morgan fingerprint density at radius 1 is 0.686 bits per heavy atom. The Morgan fingerprint density at radius 2 is 1.20 bits per heavy atom. The van der Waals surface area contributed by atoms with Gasteiger partial charge in [0.25, 0.3) is 0 Å². The third-order valence-electron chi connectivity index (χ3n) is 6.47. The van der Waals surface area contributed by atoms with Crippen molar-refractivity contribution in [2.24, 2.45) is 0 Å². The first-order valence-corrected chi connectivity index (χ1v) is 15.3. The van der Waals surface area contributed by atoms with Crippen LogP contribution in [0.4, 0.5) is 39.5 Å². The fraction of sp³-hybridized carbons (Fsp3) is 0.235. The van der Waals surface area contributed by atoms with Gasteiger partial charge in [0.1, 0.15) is 0 Å². The first-order chi connectivity index (χ1) is 23.5. The van der Waals surface area contributed by atoms with Gasteiger partial charge in [-0.25, -0.2) is 0 Å². The summed E-state index contributed by atoms with van der Waals surface area (Å²) in [4.78, 5) is 21.8. The number of carbonyl (C=O) groups excluding carboxylic acids is 1. The zero-order chi connectivity index (χ0) is 38.7. The standard InChI is InChI=1S/C16H10F6O2.C10H11BrO2.C8H8BF3O2/c17-15(18,19)12-6-11(7-13(8-12)16(20,21)22)10-3-1-2-9(4-10)5-14(23)24;1-2-13-10(12)7-8-4-3-5-9(11)6-8;1-5-2-6(8(10,11)12)4-7(3-5)9(13)14/h1-4,6-8H,5H2,(H,23,24);3-6H,2,7H2,1H3;2-4,13-14H,1H3. The van der Waals surface area contributed by atoms with E-state index in [0.29, 0.717) is 30.7 Å². The van der Waals surface area contributed by atoms with Gasteiger partial charge in [0, 0.05) is 4.47 Å². The second kappa shape index (κ2) is 18.2. The molecule has 51 heavy (non-hydrogen) atoms. The smallest absolute Gasteiger partial charge is 0.481 e. The van der Waals surface area contributed by atoms with Gasteiger partial charge in [-0.2, -0.15) is 39.5 Å². The van der Waals surface area contributed by atoms with Gasteiger partial charge < -0.3 is 19.9 Å². The number of halogens is 10. The van der Waals surface area contributed by atoms with E-state index in [1.807, 2.05) is 24.3 Å². The van der Waals surface area contributed by atoms with E-state index in [1.54, 1.807) is 6.92 Å². The molecule has 0 saturated carbocycles. The maximum absolute atomic E-state index is 12.9. The molecule has 4 rings (SSSR count). The number of alkyl halides is 9. The predicted octanol–water partition coefficient (Wildman–Crippen LogP) is 8.27. The predicted molar refractivity (Wildman–Crippen MR) is 174 cm³/mol. The molecule has 0 saturated heterocycles. The van der Waals surface area contributed by atoms with E-state index in [-0.39, 0.29) is 40.6 Å². The molecular weight excluding hydrogens is 766 g/mol. The maximum Gasteiger partial charge on any atom is 0.488 e. The molecule has 4 aromatic carbocycles. The third kappa shape index (κ3) is 14.8. The highest BCUT2D eigenvalue weighted by Crippen LogP contribution is 2.38. The molecule has 0 aliphatic carbocycles. The summed E-state index contributed by atoms with van der Waals surface area (Å²) in [5, 5.41) is 26.2. The average Bonchev–Trinajstić information content (AvgIpc) is 3.00. The van der Waals surface area contributed by atoms with E-state index < -0.39 is 48.3 Å². The molecule has 0 radical (unpaired) electrons. The number of esters is 1. The van der Waals surface area contributed by atoms with Crippen molar-refractivity contribution in [2.75, 3.05) is 6.61 Å². The van der Waals surface area contributed by atoms with Crippen LogP contribution < -0.4 is 5.46 Å². The molecule has 0 amide bonds. The largest absolute Gasteiger partial charge is 0.488 e. The Balaban J connectivity index is 0.000000285. The Labute approximate surface area is 294 Å². The number of aliphatic carboxylic acids is 1. The van der Waals surface area contributed by atoms with Crippen molar-refractivity contribution in [3.8, 4) is 11.1 Å². The number of carbonyl (C=O) groups is 2. The number of ether oxygens (including phenoxy) is 1. The molecule has 3 N–H and O–H groups in total. The molecule has 0 aromatic heterocycles. The maximum atomic E-state index is 12.9. The van der Waals surface area contributed by atoms with Gasteiger partial charge in [0.15, 0.2) is 0 Å². The average molecular weight is 795 g/mol. The lowest BCUT2D eigenvalue weighted by Crippen LogP contribution is -2.31. The summed E-state index contributed by atoms with van der Waals surface area (Å²) in [7, 11) is -1.88. The van der Waals surface area contributed by atoms with Crippen LogP contribution in [0.15, 0.2) is 89.4 Å². The molecular formula is C34H29BBrF9O6. The first kappa shape index (κ1) is 42.8. The topological polar surface area (TPSA) is 104 Å². The van der Waals surface area contributed by atoms with E-state index >= 15 is 0 Å². The van der Waals surface area contributed by atoms with Crippen LogP contribution >= 0.6 is 15.9 Å². The minimum atomic E-state index is -4.94. The molecule has 0 heterocycles. The highest BCUT2D eigenvalue weighted by molar-refractivity contribution is 9.10. The minimum Gasteiger partial charge on any atom is -0.481 e. The Bertz CT molecular complexity index is 1760. The molecule has 0 aliphatic heterocycles. The van der Waals surface area contributed by atoms with Gasteiger partial charge in [-0.1, -0.05) is 70.0 Å². The normalized spacial score (nSPS) is 11.4. The fourth-order valence-corrected chi connectivity index (χ4v) is 4.75. The van der Waals surface area contributed by atoms with Gasteiger partial charge in [-0.15, -0.1) is 0 Å². The molecule has 17 heteroatoms. The minimum absolute atomic E-state index is 0.0462. The number of benzene rings is 4. The zero-order valence-corrected chi connectivity index (χ0v) is 28.2. The molecule has 0 unspecified atom stereocenters. The lowest BCUT2D eigenvalue weighted by molar-refractivity contribution is -0.144. The molecule has 0 bridgehead atoms. The quantitative estimate of drug-likeness (QED) is 0.0990. The molecule has 0 aliphatic rings. The molecule has 0 fully saturated rings. The zero-order valence-electron chi connectivity index (χ0n) is 26.6. The Morgan fingerprint density at radius 3 is 1.67 bits per heavy atom. The highest BCUT2D eigenvalue weighted by atomic mass is 79.9. The van der Waals surface area contributed by atoms with Gasteiger partial charge >= 0.3 is 37.6 Å². The van der Waals surface area contributed by atoms with Crippen LogP contribution in [0, 0.1) is 6.92 Å². The van der Waals surface area contributed by atoms with Crippen molar-refractivity contribution >= 4 is 40.4 Å². The van der Waals surface area contributed by atoms with E-state index in [2.05, 4.69) is 15.9 Å². The van der Waals surface area contributed by atoms with Crippen molar-refractivity contribution in [2.45, 2.75) is 45.2 Å². The van der Waals surface area contributed by atoms with Crippen LogP contribution in [0.3, 0.4) is 0 Å². The highest BCUT2D eigenvalue weighted by Gasteiger charge is 2.37. The van der Waals surface area contributed by atoms with E-state index in [4.69, 9.17) is 19.9 Å². The SMILES string of the molecule is CCOC(=O)Cc1cccc(Br)c1.Cc1cc(B(O)O)cc(C(F)(F)F)c1.O=C(O)Cc1cccc(-c2cc(C(F)(F)F)cc(C(F)(F)F)c2)c1. The summed E-state index contributed by atoms with van der Waals surface area (Å²) in [6.07, 6.45) is -14.4. The van der Waals surface area contributed by atoms with Crippen molar-refractivity contribution in [1.82, 2.24) is 0 Å². The number of aryl methyl sites for hydroxylation is 1. The number of carboxylic acids is 1. The summed E-state index contributed by atoms with van der Waals surface area (Å²) in [6, 6.07) is 17.2. The Hall–Kier alpha value is -4.35. The van der Waals surface area contributed by atoms with E-state index in [1.165, 1.54) is 37.3 Å². The number of rotatable bonds is 7. The third-order valence-corrected chi connectivity index (χ3v) is 6.96. The van der Waals surface area contributed by atoms with Gasteiger partial charge in [-0.05, 0) is 78.0 Å². The summed E-state index contributed by atoms with van der Waals surface area (Å²) in [6.45, 7) is 3.70. The number of carboxylic acid groups (broad SMARTS) is 1. The van der Waals surface area contributed by atoms with Crippen LogP contribution in [0.2, 0.25) is 0 Å². The monoisotopic (exact) mass is 794 g/mol. The Kier molecular flexibility index (Phi) is 15.3. The van der Waals surface area contributed by atoms with Crippen molar-refractivity contribution in [3.05, 3.63) is 123 Å². The number of hydrogen-bond acceptors (Lipinski definition) is 5. The second-order valence-corrected chi connectivity index (χ2v) is 11.6. The lowest BCUT2D eigenvalue weighted by atomic mass is 9.78. The summed E-state index contributed by atoms with van der Waals surface area (Å²) in [5.41, 5.74) is -2.51. The second-order valence-electron chi connectivity index (χ2n) is 10.7. The van der Waals surface area contributed by atoms with Crippen molar-refractivity contribution < 1.29 is 69.0 Å². The number of hydrogen-bond donors (Lipinski definition) is 3. The molecule has 6 nitrogen and oxygen atoms in total. The molecule has 274 valence electrons. The van der Waals surface area contributed by atoms with Crippen molar-refractivity contribution in [3.63, 3.8) is 0 Å². The summed E-state index contributed by atoms with van der Waals surface area (Å²) >= 11 is 3.34. The summed E-state index contributed by atoms with van der Waals surface area (Å²) in [5.74, 6) is -1.34. The van der Waals surface area contributed by atoms with E-state index in [9.17, 15) is 49.1 Å². The van der Waals surface area contributed by atoms with Crippen LogP contribution in [0.1, 0.15) is 40.3 Å². The van der Waals surface area contributed by atoms with Crippen molar-refractivity contribution in [1.29, 1.82) is 0 Å². The van der Waals surface area contributed by atoms with Crippen LogP contribution in [0.25, 0.3) is 11.1 Å². The first-order valence-electron chi connectivity index (χ1n) is 14.5. The van der Waals surface area contributed by atoms with Crippen LogP contribution in [0.5, 0.6) is 0 Å². The summed E-state index contributed by atoms with van der Waals surface area (Å²) < 4.78 is 120. The van der Waals surface area contributed by atoms with Gasteiger partial charge in [0.05, 0.1) is 36.1 Å². The lowest BCUT2D eigenvalue weighted by Gasteiger charge is -2.14. The molecule has 4 aromatic rings. The van der Waals surface area contributed by atoms with Gasteiger partial charge in [-0.3, -0.25) is 9.59 Å². The van der Waals surface area contributed by atoms with E-state index in [0.717, 1.165) is 22.2 Å². The van der Waals surface area contributed by atoms with Crippen LogP contribution in [-0.4, -0.2) is 40.8 Å². The van der Waals surface area contributed by atoms with Crippen LogP contribution in [-0.2, 0) is 45.7 Å².